The van der Waals surface area contributed by atoms with Gasteiger partial charge in [0.05, 0.1) is 5.41 Å². The SMILES string of the molecule is CN(C)c1ccc(CCNC(=O)C23CCC(C(=O)O)(CC2)CC3)cn1. The Balaban J connectivity index is 1.51. The number of anilines is 1. The Morgan fingerprint density at radius 1 is 1.12 bits per heavy atom. The number of nitrogens with one attached hydrogen (secondary N) is 1. The van der Waals surface area contributed by atoms with E-state index in [0.29, 0.717) is 45.1 Å². The zero-order valence-corrected chi connectivity index (χ0v) is 15.0. The number of hydrogen-bond donors (Lipinski definition) is 2. The first-order chi connectivity index (χ1) is 11.9. The first kappa shape index (κ1) is 17.7. The molecular formula is C19H27N3O3. The molecule has 1 amide bonds. The third-order valence-electron chi connectivity index (χ3n) is 6.15. The highest BCUT2D eigenvalue weighted by molar-refractivity contribution is 5.84. The predicted molar refractivity (Wildman–Crippen MR) is 95.5 cm³/mol. The van der Waals surface area contributed by atoms with Gasteiger partial charge in [-0.3, -0.25) is 9.59 Å². The summed E-state index contributed by atoms with van der Waals surface area (Å²) >= 11 is 0. The van der Waals surface area contributed by atoms with Gasteiger partial charge >= 0.3 is 5.97 Å². The molecule has 6 nitrogen and oxygen atoms in total. The number of hydrogen-bond acceptors (Lipinski definition) is 4. The number of aromatic nitrogens is 1. The molecule has 2 bridgehead atoms. The van der Waals surface area contributed by atoms with E-state index in [9.17, 15) is 14.7 Å². The molecule has 0 aliphatic heterocycles. The number of carbonyl (C=O) groups is 2. The molecule has 1 aromatic heterocycles. The molecule has 2 N–H and O–H groups in total. The summed E-state index contributed by atoms with van der Waals surface area (Å²) in [5.74, 6) is 0.330. The minimum Gasteiger partial charge on any atom is -0.481 e. The molecule has 3 fully saturated rings. The van der Waals surface area contributed by atoms with Gasteiger partial charge in [0.1, 0.15) is 5.82 Å². The van der Waals surface area contributed by atoms with Crippen molar-refractivity contribution in [3.63, 3.8) is 0 Å². The topological polar surface area (TPSA) is 82.5 Å². The Bertz CT molecular complexity index is 630. The van der Waals surface area contributed by atoms with Crippen molar-refractivity contribution in [2.45, 2.75) is 44.9 Å². The molecule has 6 heteroatoms. The van der Waals surface area contributed by atoms with Crippen molar-refractivity contribution in [3.8, 4) is 0 Å². The van der Waals surface area contributed by atoms with Gasteiger partial charge in [0, 0.05) is 32.3 Å². The van der Waals surface area contributed by atoms with E-state index in [-0.39, 0.29) is 11.3 Å². The molecule has 3 aliphatic rings. The highest BCUT2D eigenvalue weighted by Crippen LogP contribution is 2.57. The number of carboxylic acids is 1. The lowest BCUT2D eigenvalue weighted by atomic mass is 9.53. The van der Waals surface area contributed by atoms with Crippen molar-refractivity contribution in [2.75, 3.05) is 25.5 Å². The number of carbonyl (C=O) groups excluding carboxylic acids is 1. The molecule has 0 unspecified atom stereocenters. The number of amides is 1. The quantitative estimate of drug-likeness (QED) is 0.826. The monoisotopic (exact) mass is 345 g/mol. The molecule has 3 saturated carbocycles. The minimum atomic E-state index is -0.685. The van der Waals surface area contributed by atoms with Gasteiger partial charge in [-0.05, 0) is 56.6 Å². The van der Waals surface area contributed by atoms with Crippen LogP contribution in [0.4, 0.5) is 5.82 Å². The Labute approximate surface area is 148 Å². The van der Waals surface area contributed by atoms with Gasteiger partial charge in [-0.2, -0.15) is 0 Å². The summed E-state index contributed by atoms with van der Waals surface area (Å²) in [5.41, 5.74) is 0.187. The van der Waals surface area contributed by atoms with Crippen LogP contribution in [0.25, 0.3) is 0 Å². The fourth-order valence-corrected chi connectivity index (χ4v) is 4.18. The molecule has 1 heterocycles. The van der Waals surface area contributed by atoms with Crippen LogP contribution in [0.15, 0.2) is 18.3 Å². The lowest BCUT2D eigenvalue weighted by Crippen LogP contribution is -2.52. The number of aliphatic carboxylic acids is 1. The molecule has 4 rings (SSSR count). The molecule has 0 saturated heterocycles. The smallest absolute Gasteiger partial charge is 0.309 e. The van der Waals surface area contributed by atoms with E-state index in [2.05, 4.69) is 10.3 Å². The molecule has 3 aliphatic carbocycles. The van der Waals surface area contributed by atoms with E-state index >= 15 is 0 Å². The molecule has 0 aromatic carbocycles. The van der Waals surface area contributed by atoms with Crippen molar-refractivity contribution < 1.29 is 14.7 Å². The lowest BCUT2D eigenvalue weighted by Gasteiger charge is -2.50. The molecule has 0 atom stereocenters. The Morgan fingerprint density at radius 2 is 1.72 bits per heavy atom. The standard InChI is InChI=1S/C19H27N3O3/c1-22(2)15-4-3-14(13-21-15)5-12-20-16(23)18-6-9-19(10-7-18,11-8-18)17(24)25/h3-4,13H,5-12H2,1-2H3,(H,20,23)(H,24,25). The van der Waals surface area contributed by atoms with Gasteiger partial charge in [-0.15, -0.1) is 0 Å². The number of fused-ring (bicyclic) bond motifs is 3. The first-order valence-corrected chi connectivity index (χ1v) is 9.01. The van der Waals surface area contributed by atoms with Crippen LogP contribution >= 0.6 is 0 Å². The fourth-order valence-electron chi connectivity index (χ4n) is 4.18. The minimum absolute atomic E-state index is 0.101. The summed E-state index contributed by atoms with van der Waals surface area (Å²) in [4.78, 5) is 30.5. The summed E-state index contributed by atoms with van der Waals surface area (Å²) in [5, 5.41) is 12.5. The molecule has 0 radical (unpaired) electrons. The van der Waals surface area contributed by atoms with Crippen molar-refractivity contribution in [1.29, 1.82) is 0 Å². The fraction of sp³-hybridized carbons (Fsp3) is 0.632. The van der Waals surface area contributed by atoms with Crippen LogP contribution in [0.2, 0.25) is 0 Å². The molecule has 136 valence electrons. The van der Waals surface area contributed by atoms with Crippen molar-refractivity contribution in [2.24, 2.45) is 10.8 Å². The van der Waals surface area contributed by atoms with Gasteiger partial charge < -0.3 is 15.3 Å². The second-order valence-corrected chi connectivity index (χ2v) is 7.79. The normalized spacial score (nSPS) is 27.8. The van der Waals surface area contributed by atoms with E-state index in [4.69, 9.17) is 0 Å². The third kappa shape index (κ3) is 3.34. The molecular weight excluding hydrogens is 318 g/mol. The largest absolute Gasteiger partial charge is 0.481 e. The average Bonchev–Trinajstić information content (AvgIpc) is 2.63. The number of carboxylic acid groups (broad SMARTS) is 1. The van der Waals surface area contributed by atoms with Gasteiger partial charge in [0.2, 0.25) is 5.91 Å². The molecule has 25 heavy (non-hydrogen) atoms. The molecule has 0 spiro atoms. The van der Waals surface area contributed by atoms with E-state index in [1.54, 1.807) is 0 Å². The first-order valence-electron chi connectivity index (χ1n) is 9.01. The van der Waals surface area contributed by atoms with Gasteiger partial charge in [-0.1, -0.05) is 6.07 Å². The van der Waals surface area contributed by atoms with Crippen molar-refractivity contribution in [3.05, 3.63) is 23.9 Å². The third-order valence-corrected chi connectivity index (χ3v) is 6.15. The van der Waals surface area contributed by atoms with Gasteiger partial charge in [0.15, 0.2) is 0 Å². The summed E-state index contributed by atoms with van der Waals surface area (Å²) in [6.07, 6.45) is 6.59. The highest BCUT2D eigenvalue weighted by atomic mass is 16.4. The summed E-state index contributed by atoms with van der Waals surface area (Å²) in [6.45, 7) is 0.591. The van der Waals surface area contributed by atoms with Crippen molar-refractivity contribution >= 4 is 17.7 Å². The van der Waals surface area contributed by atoms with Crippen LogP contribution in [0.3, 0.4) is 0 Å². The second kappa shape index (κ2) is 6.65. The zero-order valence-electron chi connectivity index (χ0n) is 15.0. The van der Waals surface area contributed by atoms with E-state index in [1.807, 2.05) is 37.3 Å². The van der Waals surface area contributed by atoms with E-state index < -0.39 is 11.4 Å². The van der Waals surface area contributed by atoms with E-state index in [0.717, 1.165) is 17.8 Å². The van der Waals surface area contributed by atoms with Crippen molar-refractivity contribution in [1.82, 2.24) is 10.3 Å². The maximum Gasteiger partial charge on any atom is 0.309 e. The van der Waals surface area contributed by atoms with E-state index in [1.165, 1.54) is 0 Å². The molecule has 1 aromatic rings. The van der Waals surface area contributed by atoms with Gasteiger partial charge in [-0.25, -0.2) is 4.98 Å². The summed E-state index contributed by atoms with van der Waals surface area (Å²) in [7, 11) is 3.91. The maximum atomic E-state index is 12.7. The number of nitrogens with zero attached hydrogens (tertiary/aromatic N) is 2. The Morgan fingerprint density at radius 3 is 2.20 bits per heavy atom. The van der Waals surface area contributed by atoms with Crippen LogP contribution in [-0.4, -0.2) is 42.6 Å². The Hall–Kier alpha value is -2.11. The van der Waals surface area contributed by atoms with Crippen LogP contribution in [0, 0.1) is 10.8 Å². The zero-order chi connectivity index (χ0) is 18.1. The Kier molecular flexibility index (Phi) is 4.71. The number of rotatable bonds is 6. The van der Waals surface area contributed by atoms with Crippen LogP contribution in [0.1, 0.15) is 44.1 Å². The van der Waals surface area contributed by atoms with Crippen LogP contribution in [0.5, 0.6) is 0 Å². The highest BCUT2D eigenvalue weighted by Gasteiger charge is 2.55. The summed E-state index contributed by atoms with van der Waals surface area (Å²) in [6, 6.07) is 4.01. The van der Waals surface area contributed by atoms with Crippen LogP contribution < -0.4 is 10.2 Å². The number of pyridine rings is 1. The van der Waals surface area contributed by atoms with Gasteiger partial charge in [0.25, 0.3) is 0 Å². The predicted octanol–water partition coefficient (Wildman–Crippen LogP) is 2.23. The lowest BCUT2D eigenvalue weighted by molar-refractivity contribution is -0.163. The second-order valence-electron chi connectivity index (χ2n) is 7.79. The van der Waals surface area contributed by atoms with Crippen LogP contribution in [-0.2, 0) is 16.0 Å². The maximum absolute atomic E-state index is 12.7. The summed E-state index contributed by atoms with van der Waals surface area (Å²) < 4.78 is 0. The average molecular weight is 345 g/mol.